The van der Waals surface area contributed by atoms with Gasteiger partial charge >= 0.3 is 0 Å². The number of thioether (sulfide) groups is 1. The number of ether oxygens (including phenoxy) is 1. The molecule has 0 saturated carbocycles. The van der Waals surface area contributed by atoms with Gasteiger partial charge in [-0.05, 0) is 32.9 Å². The average molecular weight is 286 g/mol. The molecule has 2 aliphatic rings. The van der Waals surface area contributed by atoms with Crippen LogP contribution in [0.15, 0.2) is 0 Å². The summed E-state index contributed by atoms with van der Waals surface area (Å²) < 4.78 is 5.38. The van der Waals surface area contributed by atoms with Gasteiger partial charge in [-0.25, -0.2) is 0 Å². The highest BCUT2D eigenvalue weighted by molar-refractivity contribution is 8.00. The minimum atomic E-state index is -0.296. The number of nitrogens with zero attached hydrogens (tertiary/aromatic N) is 1. The van der Waals surface area contributed by atoms with Crippen molar-refractivity contribution in [3.05, 3.63) is 0 Å². The molecule has 5 heteroatoms. The Morgan fingerprint density at radius 1 is 1.42 bits per heavy atom. The van der Waals surface area contributed by atoms with Crippen molar-refractivity contribution in [1.82, 2.24) is 10.2 Å². The molecular formula is C14H26N2O2S. The van der Waals surface area contributed by atoms with Gasteiger partial charge in [-0.3, -0.25) is 4.79 Å². The van der Waals surface area contributed by atoms with Crippen molar-refractivity contribution >= 4 is 17.7 Å². The maximum absolute atomic E-state index is 13.0. The molecule has 4 nitrogen and oxygen atoms in total. The molecule has 19 heavy (non-hydrogen) atoms. The highest BCUT2D eigenvalue weighted by atomic mass is 32.2. The number of nitrogens with one attached hydrogen (secondary N) is 1. The molecule has 0 aromatic heterocycles. The van der Waals surface area contributed by atoms with E-state index in [4.69, 9.17) is 4.74 Å². The lowest BCUT2D eigenvalue weighted by molar-refractivity contribution is -0.149. The molecule has 2 saturated heterocycles. The van der Waals surface area contributed by atoms with Crippen LogP contribution in [0.1, 0.15) is 26.7 Å². The van der Waals surface area contributed by atoms with Crippen LogP contribution < -0.4 is 5.32 Å². The van der Waals surface area contributed by atoms with Gasteiger partial charge in [0.2, 0.25) is 5.91 Å². The Hall–Kier alpha value is -0.260. The summed E-state index contributed by atoms with van der Waals surface area (Å²) >= 11 is 1.97. The van der Waals surface area contributed by atoms with Crippen LogP contribution in [-0.2, 0) is 9.53 Å². The summed E-state index contributed by atoms with van der Waals surface area (Å²) in [5.74, 6) is 1.37. The molecule has 1 N–H and O–H groups in total. The normalized spacial score (nSPS) is 31.2. The maximum Gasteiger partial charge on any atom is 0.231 e. The molecule has 2 aliphatic heterocycles. The van der Waals surface area contributed by atoms with E-state index in [0.717, 1.165) is 38.2 Å². The van der Waals surface area contributed by atoms with Crippen LogP contribution in [0.3, 0.4) is 0 Å². The fourth-order valence-electron chi connectivity index (χ4n) is 3.13. The van der Waals surface area contributed by atoms with Gasteiger partial charge in [0.15, 0.2) is 0 Å². The summed E-state index contributed by atoms with van der Waals surface area (Å²) in [6, 6.07) is 0.329. The fourth-order valence-corrected chi connectivity index (χ4v) is 4.23. The molecule has 0 radical (unpaired) electrons. The molecule has 0 spiro atoms. The van der Waals surface area contributed by atoms with Crippen molar-refractivity contribution in [1.29, 1.82) is 0 Å². The maximum atomic E-state index is 13.0. The number of methoxy groups -OCH3 is 1. The molecule has 2 unspecified atom stereocenters. The van der Waals surface area contributed by atoms with Gasteiger partial charge in [-0.2, -0.15) is 11.8 Å². The number of rotatable bonds is 3. The Morgan fingerprint density at radius 3 is 2.74 bits per heavy atom. The Kier molecular flexibility index (Phi) is 5.15. The van der Waals surface area contributed by atoms with Crippen LogP contribution in [0.5, 0.6) is 0 Å². The molecular weight excluding hydrogens is 260 g/mol. The first-order valence-electron chi connectivity index (χ1n) is 7.23. The fraction of sp³-hybridized carbons (Fsp3) is 0.929. The third kappa shape index (κ3) is 3.09. The predicted octanol–water partition coefficient (Wildman–Crippen LogP) is 1.36. The van der Waals surface area contributed by atoms with Gasteiger partial charge in [-0.15, -0.1) is 0 Å². The van der Waals surface area contributed by atoms with Gasteiger partial charge in [0.1, 0.15) is 0 Å². The second kappa shape index (κ2) is 6.46. The number of carbonyl (C=O) groups excluding carboxylic acids is 1. The summed E-state index contributed by atoms with van der Waals surface area (Å²) in [5, 5.41) is 3.87. The molecule has 2 fully saturated rings. The monoisotopic (exact) mass is 286 g/mol. The molecule has 0 aromatic rings. The standard InChI is InChI=1S/C14H26N2O2S/c1-11-12(2)19-9-8-16(11)13(17)14(10-18-3)4-6-15-7-5-14/h11-12,15H,4-10H2,1-3H3. The Labute approximate surface area is 120 Å². The van der Waals surface area contributed by atoms with E-state index < -0.39 is 0 Å². The lowest BCUT2D eigenvalue weighted by atomic mass is 9.78. The van der Waals surface area contributed by atoms with E-state index in [1.54, 1.807) is 7.11 Å². The lowest BCUT2D eigenvalue weighted by Gasteiger charge is -2.45. The minimum absolute atomic E-state index is 0.296. The van der Waals surface area contributed by atoms with E-state index in [1.807, 2.05) is 11.8 Å². The zero-order chi connectivity index (χ0) is 13.9. The summed E-state index contributed by atoms with van der Waals surface area (Å²) in [6.07, 6.45) is 1.79. The quantitative estimate of drug-likeness (QED) is 0.850. The van der Waals surface area contributed by atoms with Gasteiger partial charge in [0.25, 0.3) is 0 Å². The number of hydrogen-bond donors (Lipinski definition) is 1. The number of hydrogen-bond acceptors (Lipinski definition) is 4. The summed E-state index contributed by atoms with van der Waals surface area (Å²) in [7, 11) is 1.70. The van der Waals surface area contributed by atoms with Crippen LogP contribution in [-0.4, -0.2) is 61.2 Å². The first kappa shape index (κ1) is 15.1. The lowest BCUT2D eigenvalue weighted by Crippen LogP contribution is -2.57. The average Bonchev–Trinajstić information content (AvgIpc) is 2.42. The Morgan fingerprint density at radius 2 is 2.11 bits per heavy atom. The molecule has 1 amide bonds. The van der Waals surface area contributed by atoms with Crippen molar-refractivity contribution in [2.24, 2.45) is 5.41 Å². The van der Waals surface area contributed by atoms with Crippen LogP contribution in [0, 0.1) is 5.41 Å². The van der Waals surface area contributed by atoms with Crippen molar-refractivity contribution in [2.45, 2.75) is 38.0 Å². The Balaban J connectivity index is 2.14. The number of piperidine rings is 1. The van der Waals surface area contributed by atoms with Crippen LogP contribution in [0.4, 0.5) is 0 Å². The SMILES string of the molecule is COCC1(C(=O)N2CCSC(C)C2C)CCNCC1. The first-order chi connectivity index (χ1) is 9.10. The molecule has 0 aromatic carbocycles. The van der Waals surface area contributed by atoms with Crippen LogP contribution in [0.2, 0.25) is 0 Å². The minimum Gasteiger partial charge on any atom is -0.384 e. The van der Waals surface area contributed by atoms with E-state index in [-0.39, 0.29) is 5.41 Å². The van der Waals surface area contributed by atoms with Crippen molar-refractivity contribution in [3.63, 3.8) is 0 Å². The van der Waals surface area contributed by atoms with E-state index in [9.17, 15) is 4.79 Å². The topological polar surface area (TPSA) is 41.6 Å². The Bertz CT molecular complexity index is 313. The number of carbonyl (C=O) groups is 1. The van der Waals surface area contributed by atoms with Gasteiger partial charge < -0.3 is 15.0 Å². The highest BCUT2D eigenvalue weighted by Gasteiger charge is 2.44. The number of amides is 1. The van der Waals surface area contributed by atoms with Gasteiger partial charge in [-0.1, -0.05) is 6.92 Å². The predicted molar refractivity (Wildman–Crippen MR) is 79.5 cm³/mol. The van der Waals surface area contributed by atoms with Crippen molar-refractivity contribution in [2.75, 3.05) is 39.1 Å². The molecule has 0 aliphatic carbocycles. The second-order valence-electron chi connectivity index (χ2n) is 5.78. The zero-order valence-corrected chi connectivity index (χ0v) is 13.1. The molecule has 2 rings (SSSR count). The molecule has 110 valence electrons. The summed E-state index contributed by atoms with van der Waals surface area (Å²) in [6.45, 7) is 7.67. The van der Waals surface area contributed by atoms with E-state index >= 15 is 0 Å². The first-order valence-corrected chi connectivity index (χ1v) is 8.28. The van der Waals surface area contributed by atoms with E-state index in [1.165, 1.54) is 0 Å². The smallest absolute Gasteiger partial charge is 0.231 e. The van der Waals surface area contributed by atoms with Crippen molar-refractivity contribution < 1.29 is 9.53 Å². The summed E-state index contributed by atoms with van der Waals surface area (Å²) in [4.78, 5) is 15.1. The highest BCUT2D eigenvalue weighted by Crippen LogP contribution is 2.35. The second-order valence-corrected chi connectivity index (χ2v) is 7.26. The third-order valence-corrected chi connectivity index (χ3v) is 5.92. The molecule has 2 heterocycles. The third-order valence-electron chi connectivity index (χ3n) is 4.58. The molecule has 2 atom stereocenters. The molecule has 0 bridgehead atoms. The van der Waals surface area contributed by atoms with Crippen LogP contribution >= 0.6 is 11.8 Å². The largest absolute Gasteiger partial charge is 0.384 e. The van der Waals surface area contributed by atoms with Crippen LogP contribution in [0.25, 0.3) is 0 Å². The zero-order valence-electron chi connectivity index (χ0n) is 12.3. The van der Waals surface area contributed by atoms with Crippen molar-refractivity contribution in [3.8, 4) is 0 Å². The van der Waals surface area contributed by atoms with E-state index in [2.05, 4.69) is 24.1 Å². The summed E-state index contributed by atoms with van der Waals surface area (Å²) in [5.41, 5.74) is -0.296. The van der Waals surface area contributed by atoms with Gasteiger partial charge in [0.05, 0.1) is 12.0 Å². The van der Waals surface area contributed by atoms with E-state index in [0.29, 0.717) is 23.8 Å². The van der Waals surface area contributed by atoms with Gasteiger partial charge in [0, 0.05) is 30.7 Å².